The predicted octanol–water partition coefficient (Wildman–Crippen LogP) is 4.50. The fraction of sp³-hybridized carbons (Fsp3) is 0.417. The number of amides is 3. The molecule has 4 aromatic carbocycles. The van der Waals surface area contributed by atoms with Crippen LogP contribution in [0.4, 0.5) is 22.7 Å². The van der Waals surface area contributed by atoms with Crippen LogP contribution in [0.15, 0.2) is 72.8 Å². The van der Waals surface area contributed by atoms with Gasteiger partial charge in [-0.15, -0.1) is 5.60 Å². The summed E-state index contributed by atoms with van der Waals surface area (Å²) in [4.78, 5) is 124. The first-order valence-corrected chi connectivity index (χ1v) is 26.2. The molecular weight excluding hydrogens is 1140 g/mol. The van der Waals surface area contributed by atoms with Crippen LogP contribution in [0.2, 0.25) is 0 Å². The fourth-order valence-corrected chi connectivity index (χ4v) is 6.99. The van der Waals surface area contributed by atoms with Crippen molar-refractivity contribution in [1.82, 2.24) is 0 Å². The maximum atomic E-state index is 12.2. The zero-order valence-corrected chi connectivity index (χ0v) is 54.1. The van der Waals surface area contributed by atoms with Crippen molar-refractivity contribution in [2.45, 2.75) is 119 Å². The Labute approximate surface area is 538 Å². The van der Waals surface area contributed by atoms with Crippen LogP contribution in [0, 0.1) is 33.6 Å². The summed E-state index contributed by atoms with van der Waals surface area (Å²) < 4.78 is 23.2. The Morgan fingerprint density at radius 3 is 1.60 bits per heavy atom. The Hall–Kier alpha value is -6.54. The largest absolute Gasteiger partial charge is 1.00 e. The first kappa shape index (κ1) is 79.5. The average molecular weight is 1220 g/mol. The van der Waals surface area contributed by atoms with Gasteiger partial charge in [-0.05, 0) is 130 Å². The fourth-order valence-electron chi connectivity index (χ4n) is 6.90. The van der Waals surface area contributed by atoms with Crippen molar-refractivity contribution in [3.8, 4) is 0 Å². The second-order valence-corrected chi connectivity index (χ2v) is 19.9. The molecule has 1 saturated heterocycles. The minimum Gasteiger partial charge on any atom is -0.850 e. The number of nitrogens with one attached hydrogen (secondary N) is 3. The van der Waals surface area contributed by atoms with Gasteiger partial charge in [-0.3, -0.25) is 38.4 Å². The molecule has 84 heavy (non-hydrogen) atoms. The predicted molar refractivity (Wildman–Crippen MR) is 311 cm³/mol. The maximum absolute atomic E-state index is 12.2. The number of ether oxygens (including phenoxy) is 5. The summed E-state index contributed by atoms with van der Waals surface area (Å²) in [6.45, 7) is 15.9. The Bertz CT molecular complexity index is 2870. The van der Waals surface area contributed by atoms with Crippen molar-refractivity contribution in [2.75, 3.05) is 63.3 Å². The standard InChI is InChI=1S/C14H17NO5.C13H13NO4.C11H11NO2.C9H11NO2.C5H7ClO2.C4H8O.C4H9O.K.H2O/c1-9-4-5-10(14(18)20-3)11(8-9)15-12(16)6-7-13(17)19-2;1-7-3-4-8-10(5-7)14-11(15)6-9(12(8)16)13(17)18-2;1-7-2-3-8-9(6-7)12-11(14)5-4-10(8)13;1-6-3-4-7(8(10)5-6)9(11)12-2;1-4(7)2-3-5(6)8;1-2-4-5-3-1;1-4(2,3)5;;/h4-5,8H,6-7H2,1-3H3,(H,15,16);3-5,9H,6H2,1-2H3,(H,14,15);2-3,6H,4-5H2,1H3,(H,12,14);3-5H,10H2,1-2H3;2-3H2,1H3;1-4H2;1-3H3;;1H2/q;;;;;;-1;+1;. The molecule has 4 aromatic rings. The normalized spacial score (nSPS) is 13.3. The number of hydrogen-bond donors (Lipinski definition) is 4. The van der Waals surface area contributed by atoms with Gasteiger partial charge in [-0.2, -0.15) is 0 Å². The summed E-state index contributed by atoms with van der Waals surface area (Å²) in [5, 5.41) is 17.6. The number of benzene rings is 4. The molecule has 3 heterocycles. The third-order valence-corrected chi connectivity index (χ3v) is 11.2. The molecule has 1 atom stereocenters. The van der Waals surface area contributed by atoms with Gasteiger partial charge in [0, 0.05) is 68.6 Å². The topological polar surface area (TPSA) is 351 Å². The molecule has 1 unspecified atom stereocenters. The summed E-state index contributed by atoms with van der Waals surface area (Å²) >= 11 is 4.93. The number of methoxy groups -OCH3 is 4. The minimum absolute atomic E-state index is 0. The zero-order valence-electron chi connectivity index (χ0n) is 50.2. The van der Waals surface area contributed by atoms with Gasteiger partial charge in [-0.25, -0.2) is 9.59 Å². The van der Waals surface area contributed by atoms with Crippen LogP contribution < -0.4 is 78.2 Å². The van der Waals surface area contributed by atoms with E-state index >= 15 is 0 Å². The van der Waals surface area contributed by atoms with E-state index in [2.05, 4.69) is 34.9 Å². The molecule has 0 spiro atoms. The molecule has 0 saturated carbocycles. The second-order valence-electron chi connectivity index (χ2n) is 19.5. The van der Waals surface area contributed by atoms with Crippen LogP contribution >= 0.6 is 11.6 Å². The van der Waals surface area contributed by atoms with E-state index in [1.807, 2.05) is 45.9 Å². The molecular formula is C60H78ClKN4O18. The van der Waals surface area contributed by atoms with Crippen LogP contribution in [0.3, 0.4) is 0 Å². The molecule has 1 fully saturated rings. The number of Topliss-reactive ketones (excluding diaryl/α,β-unsaturated/α-hetero) is 3. The van der Waals surface area contributed by atoms with E-state index in [9.17, 15) is 57.8 Å². The number of esters is 4. The van der Waals surface area contributed by atoms with Crippen LogP contribution in [0.1, 0.15) is 149 Å². The number of aryl methyl sites for hydroxylation is 4. The molecule has 0 aliphatic carbocycles. The summed E-state index contributed by atoms with van der Waals surface area (Å²) in [6, 6.07) is 20.8. The van der Waals surface area contributed by atoms with Gasteiger partial charge in [0.1, 0.15) is 11.7 Å². The number of carbonyl (C=O) groups is 11. The molecule has 3 amide bonds. The van der Waals surface area contributed by atoms with E-state index in [-0.39, 0.29) is 136 Å². The Balaban J connectivity index is 0. The number of nitrogens with two attached hydrogens (primary N) is 1. The van der Waals surface area contributed by atoms with Crippen LogP contribution in [-0.2, 0) is 57.2 Å². The molecule has 0 aromatic heterocycles. The number of ketones is 3. The minimum atomic E-state index is -1.06. The second kappa shape index (κ2) is 41.5. The van der Waals surface area contributed by atoms with Crippen LogP contribution in [-0.4, -0.2) is 117 Å². The van der Waals surface area contributed by atoms with Gasteiger partial charge >= 0.3 is 75.3 Å². The SMILES string of the molecule is C1CCOC1.CC(=O)CCC(=O)Cl.CC(C)(C)[O-].COC(=O)C1CC(=O)Nc2cc(C)ccc2C1=O.COC(=O)CCC(=O)Nc1cc(C)ccc1C(=O)OC.COC(=O)c1ccc(C)cc1N.Cc1ccc2c(c1)NC(=O)CCC2=O.O.[K+]. The van der Waals surface area contributed by atoms with E-state index < -0.39 is 40.6 Å². The zero-order chi connectivity index (χ0) is 62.3. The van der Waals surface area contributed by atoms with Gasteiger partial charge < -0.3 is 60.7 Å². The van der Waals surface area contributed by atoms with Gasteiger partial charge in [0.25, 0.3) is 0 Å². The van der Waals surface area contributed by atoms with Crippen molar-refractivity contribution in [1.29, 1.82) is 0 Å². The van der Waals surface area contributed by atoms with Crippen LogP contribution in [0.5, 0.6) is 0 Å². The Morgan fingerprint density at radius 2 is 1.13 bits per heavy atom. The maximum Gasteiger partial charge on any atom is 1.00 e. The molecule has 24 heteroatoms. The molecule has 7 N–H and O–H groups in total. The molecule has 0 radical (unpaired) electrons. The Kier molecular flexibility index (Phi) is 39.3. The number of hydrogen-bond acceptors (Lipinski definition) is 18. The van der Waals surface area contributed by atoms with Gasteiger partial charge in [0.15, 0.2) is 11.6 Å². The molecule has 3 aliphatic rings. The first-order chi connectivity index (χ1) is 38.4. The van der Waals surface area contributed by atoms with Crippen molar-refractivity contribution in [3.63, 3.8) is 0 Å². The molecule has 22 nitrogen and oxygen atoms in total. The van der Waals surface area contributed by atoms with Crippen molar-refractivity contribution in [2.24, 2.45) is 5.92 Å². The van der Waals surface area contributed by atoms with E-state index in [0.29, 0.717) is 45.9 Å². The number of rotatable bonds is 10. The summed E-state index contributed by atoms with van der Waals surface area (Å²) in [6.07, 6.45) is 3.37. The summed E-state index contributed by atoms with van der Waals surface area (Å²) in [5.41, 5.74) is 12.3. The average Bonchev–Trinajstić information content (AvgIpc) is 4.10. The quantitative estimate of drug-likeness (QED) is 0.0424. The number of nitrogen functional groups attached to an aromatic ring is 1. The van der Waals surface area contributed by atoms with Crippen molar-refractivity contribution in [3.05, 3.63) is 117 Å². The molecule has 7 rings (SSSR count). The monoisotopic (exact) mass is 1220 g/mol. The van der Waals surface area contributed by atoms with Crippen LogP contribution in [0.25, 0.3) is 0 Å². The van der Waals surface area contributed by atoms with E-state index in [1.54, 1.807) is 75.4 Å². The first-order valence-electron chi connectivity index (χ1n) is 25.9. The van der Waals surface area contributed by atoms with E-state index in [0.717, 1.165) is 35.5 Å². The summed E-state index contributed by atoms with van der Waals surface area (Å²) in [5.74, 6) is -4.27. The third-order valence-electron chi connectivity index (χ3n) is 11.0. The van der Waals surface area contributed by atoms with Gasteiger partial charge in [0.2, 0.25) is 23.0 Å². The third kappa shape index (κ3) is 32.5. The number of fused-ring (bicyclic) bond motifs is 2. The van der Waals surface area contributed by atoms with Crippen molar-refractivity contribution >= 4 is 98.5 Å². The van der Waals surface area contributed by atoms with E-state index in [4.69, 9.17) is 22.1 Å². The number of anilines is 4. The molecule has 0 bridgehead atoms. The van der Waals surface area contributed by atoms with E-state index in [1.165, 1.54) is 48.2 Å². The van der Waals surface area contributed by atoms with Gasteiger partial charge in [-0.1, -0.05) is 45.0 Å². The number of halogens is 1. The van der Waals surface area contributed by atoms with Gasteiger partial charge in [0.05, 0.1) is 63.0 Å². The summed E-state index contributed by atoms with van der Waals surface area (Å²) in [7, 11) is 5.07. The van der Waals surface area contributed by atoms with Crippen molar-refractivity contribution < 1.29 is 138 Å². The number of carbonyl (C=O) groups excluding carboxylic acids is 11. The molecule has 454 valence electrons. The smallest absolute Gasteiger partial charge is 0.850 e. The Morgan fingerprint density at radius 1 is 0.655 bits per heavy atom. The molecule has 3 aliphatic heterocycles.